The van der Waals surface area contributed by atoms with Crippen LogP contribution < -0.4 is 10.6 Å². The highest BCUT2D eigenvalue weighted by molar-refractivity contribution is 5.94. The van der Waals surface area contributed by atoms with Crippen LogP contribution in [0.3, 0.4) is 0 Å². The normalized spacial score (nSPS) is 22.0. The Morgan fingerprint density at radius 3 is 2.84 bits per heavy atom. The van der Waals surface area contributed by atoms with Crippen LogP contribution in [0.15, 0.2) is 36.4 Å². The van der Waals surface area contributed by atoms with Crippen LogP contribution in [0.2, 0.25) is 0 Å². The van der Waals surface area contributed by atoms with E-state index in [2.05, 4.69) is 16.7 Å². The molecular weight excluding hydrogens is 409 g/mol. The van der Waals surface area contributed by atoms with Crippen molar-refractivity contribution in [3.63, 3.8) is 0 Å². The van der Waals surface area contributed by atoms with Gasteiger partial charge in [-0.05, 0) is 47.7 Å². The van der Waals surface area contributed by atoms with Gasteiger partial charge in [0, 0.05) is 37.0 Å². The van der Waals surface area contributed by atoms with E-state index in [4.69, 9.17) is 9.47 Å². The Bertz CT molecular complexity index is 1080. The van der Waals surface area contributed by atoms with Crippen LogP contribution in [0.4, 0.5) is 4.39 Å². The maximum absolute atomic E-state index is 14.9. The van der Waals surface area contributed by atoms with Gasteiger partial charge in [-0.2, -0.15) is 5.26 Å². The Labute approximate surface area is 186 Å². The van der Waals surface area contributed by atoms with Gasteiger partial charge < -0.3 is 14.8 Å². The highest BCUT2D eigenvalue weighted by atomic mass is 19.1. The number of fused-ring (bicyclic) bond motifs is 1. The SMILES string of the molecule is N#C[C@H](Cc1ccc(-c2ccc3c(c2)COC3=O)cc1F)NCC1CNCC2(CC2)CO1. The Balaban J connectivity index is 1.21. The van der Waals surface area contributed by atoms with Gasteiger partial charge in [0.05, 0.1) is 30.4 Å². The van der Waals surface area contributed by atoms with Gasteiger partial charge in [0.25, 0.3) is 0 Å². The molecule has 2 atom stereocenters. The summed E-state index contributed by atoms with van der Waals surface area (Å²) in [5, 5.41) is 16.3. The van der Waals surface area contributed by atoms with Gasteiger partial charge in [-0.25, -0.2) is 9.18 Å². The summed E-state index contributed by atoms with van der Waals surface area (Å²) in [4.78, 5) is 11.6. The van der Waals surface area contributed by atoms with E-state index in [0.717, 1.165) is 36.4 Å². The van der Waals surface area contributed by atoms with Crippen molar-refractivity contribution < 1.29 is 18.7 Å². The molecule has 1 saturated carbocycles. The van der Waals surface area contributed by atoms with Crippen molar-refractivity contribution in [1.29, 1.82) is 5.26 Å². The molecule has 0 aromatic heterocycles. The second kappa shape index (κ2) is 8.62. The molecule has 0 bridgehead atoms. The van der Waals surface area contributed by atoms with E-state index in [1.807, 2.05) is 12.1 Å². The molecule has 2 aromatic rings. The van der Waals surface area contributed by atoms with Crippen LogP contribution in [0.1, 0.15) is 34.3 Å². The van der Waals surface area contributed by atoms with Crippen LogP contribution >= 0.6 is 0 Å². The maximum atomic E-state index is 14.9. The minimum atomic E-state index is -0.500. The molecule has 6 nitrogen and oxygen atoms in total. The number of hydrogen-bond acceptors (Lipinski definition) is 6. The van der Waals surface area contributed by atoms with Gasteiger partial charge in [-0.1, -0.05) is 18.2 Å². The molecule has 7 heteroatoms. The Morgan fingerprint density at radius 1 is 1.25 bits per heavy atom. The number of nitrogens with one attached hydrogen (secondary N) is 2. The summed E-state index contributed by atoms with van der Waals surface area (Å²) in [6.45, 7) is 3.32. The summed E-state index contributed by atoms with van der Waals surface area (Å²) in [6.07, 6.45) is 2.72. The van der Waals surface area contributed by atoms with E-state index in [-0.39, 0.29) is 30.9 Å². The number of halogens is 1. The second-order valence-electron chi connectivity index (χ2n) is 9.11. The molecule has 2 fully saturated rings. The van der Waals surface area contributed by atoms with Gasteiger partial charge in [0.15, 0.2) is 0 Å². The predicted molar refractivity (Wildman–Crippen MR) is 116 cm³/mol. The van der Waals surface area contributed by atoms with Crippen LogP contribution in [0.25, 0.3) is 11.1 Å². The highest BCUT2D eigenvalue weighted by Gasteiger charge is 2.44. The predicted octanol–water partition coefficient (Wildman–Crippen LogP) is 2.96. The molecule has 1 unspecified atom stereocenters. The third kappa shape index (κ3) is 4.40. The van der Waals surface area contributed by atoms with E-state index < -0.39 is 6.04 Å². The van der Waals surface area contributed by atoms with Crippen LogP contribution in [-0.2, 0) is 22.5 Å². The molecule has 2 aliphatic heterocycles. The quantitative estimate of drug-likeness (QED) is 0.679. The van der Waals surface area contributed by atoms with Crippen molar-refractivity contribution in [2.45, 2.75) is 38.0 Å². The van der Waals surface area contributed by atoms with Gasteiger partial charge in [-0.3, -0.25) is 5.32 Å². The summed E-state index contributed by atoms with van der Waals surface area (Å²) < 4.78 is 25.9. The van der Waals surface area contributed by atoms with E-state index in [1.54, 1.807) is 18.2 Å². The number of nitriles is 1. The number of rotatable bonds is 6. The minimum absolute atomic E-state index is 0.00807. The Kier molecular flexibility index (Phi) is 5.68. The molecule has 0 radical (unpaired) electrons. The smallest absolute Gasteiger partial charge is 0.338 e. The fourth-order valence-corrected chi connectivity index (χ4v) is 4.39. The maximum Gasteiger partial charge on any atom is 0.338 e. The number of cyclic esters (lactones) is 1. The minimum Gasteiger partial charge on any atom is -0.457 e. The van der Waals surface area contributed by atoms with Crippen molar-refractivity contribution in [3.8, 4) is 17.2 Å². The zero-order chi connectivity index (χ0) is 22.1. The summed E-state index contributed by atoms with van der Waals surface area (Å²) in [7, 11) is 0. The van der Waals surface area contributed by atoms with Crippen molar-refractivity contribution in [1.82, 2.24) is 10.6 Å². The lowest BCUT2D eigenvalue weighted by Gasteiger charge is -2.19. The monoisotopic (exact) mass is 435 g/mol. The van der Waals surface area contributed by atoms with Gasteiger partial charge >= 0.3 is 5.97 Å². The number of ether oxygens (including phenoxy) is 2. The first-order valence-corrected chi connectivity index (χ1v) is 11.1. The average molecular weight is 435 g/mol. The van der Waals surface area contributed by atoms with Gasteiger partial charge in [0.2, 0.25) is 0 Å². The summed E-state index contributed by atoms with van der Waals surface area (Å²) in [5.41, 5.74) is 3.75. The number of carbonyl (C=O) groups is 1. The van der Waals surface area contributed by atoms with Gasteiger partial charge in [0.1, 0.15) is 12.4 Å². The standard InChI is InChI=1S/C25H26FN3O3/c26-23-9-17(16-3-4-22-19(7-16)13-31-24(22)30)1-2-18(23)8-20(10-27)29-12-21-11-28-14-25(5-6-25)15-32-21/h1-4,7,9,20-21,28-29H,5-6,8,11-15H2/t20-,21?/m0/s1. The fraction of sp³-hybridized carbons (Fsp3) is 0.440. The molecule has 166 valence electrons. The molecule has 32 heavy (non-hydrogen) atoms. The van der Waals surface area contributed by atoms with Gasteiger partial charge in [-0.15, -0.1) is 0 Å². The van der Waals surface area contributed by atoms with Crippen molar-refractivity contribution in [2.24, 2.45) is 5.41 Å². The van der Waals surface area contributed by atoms with E-state index >= 15 is 0 Å². The zero-order valence-corrected chi connectivity index (χ0v) is 17.8. The molecule has 1 aliphatic carbocycles. The molecule has 1 saturated heterocycles. The lowest BCUT2D eigenvalue weighted by atomic mass is 9.97. The van der Waals surface area contributed by atoms with E-state index in [0.29, 0.717) is 23.1 Å². The fourth-order valence-electron chi connectivity index (χ4n) is 4.39. The van der Waals surface area contributed by atoms with Crippen LogP contribution in [0.5, 0.6) is 0 Å². The first kappa shape index (κ1) is 21.1. The molecule has 2 N–H and O–H groups in total. The van der Waals surface area contributed by atoms with Crippen molar-refractivity contribution in [2.75, 3.05) is 26.2 Å². The summed E-state index contributed by atoms with van der Waals surface area (Å²) >= 11 is 0. The Hall–Kier alpha value is -2.79. The Morgan fingerprint density at radius 2 is 2.06 bits per heavy atom. The molecule has 2 heterocycles. The molecule has 1 spiro atoms. The first-order chi connectivity index (χ1) is 15.5. The molecule has 2 aromatic carbocycles. The third-order valence-corrected chi connectivity index (χ3v) is 6.70. The van der Waals surface area contributed by atoms with Crippen LogP contribution in [-0.4, -0.2) is 44.4 Å². The average Bonchev–Trinajstić information content (AvgIpc) is 3.53. The number of esters is 1. The second-order valence-corrected chi connectivity index (χ2v) is 9.11. The molecule has 5 rings (SSSR count). The number of benzene rings is 2. The van der Waals surface area contributed by atoms with E-state index in [1.165, 1.54) is 18.9 Å². The lowest BCUT2D eigenvalue weighted by molar-refractivity contribution is 0.0429. The zero-order valence-electron chi connectivity index (χ0n) is 17.8. The van der Waals surface area contributed by atoms with Crippen molar-refractivity contribution >= 4 is 5.97 Å². The number of nitrogens with zero attached hydrogens (tertiary/aromatic N) is 1. The molecule has 3 aliphatic rings. The number of carbonyl (C=O) groups excluding carboxylic acids is 1. The summed E-state index contributed by atoms with van der Waals surface area (Å²) in [6, 6.07) is 12.2. The summed E-state index contributed by atoms with van der Waals surface area (Å²) in [5.74, 6) is -0.666. The third-order valence-electron chi connectivity index (χ3n) is 6.70. The van der Waals surface area contributed by atoms with Crippen molar-refractivity contribution in [3.05, 3.63) is 58.9 Å². The largest absolute Gasteiger partial charge is 0.457 e. The van der Waals surface area contributed by atoms with Crippen LogP contribution in [0, 0.1) is 22.6 Å². The number of hydrogen-bond donors (Lipinski definition) is 2. The topological polar surface area (TPSA) is 83.4 Å². The lowest BCUT2D eigenvalue weighted by Crippen LogP contribution is -2.40. The highest BCUT2D eigenvalue weighted by Crippen LogP contribution is 2.46. The van der Waals surface area contributed by atoms with E-state index in [9.17, 15) is 14.4 Å². The first-order valence-electron chi connectivity index (χ1n) is 11.1. The molecule has 0 amide bonds. The molecular formula is C25H26FN3O3.